The normalized spacial score (nSPS) is 13.8. The minimum absolute atomic E-state index is 0.00231. The molecule has 0 amide bonds. The molecule has 0 aliphatic heterocycles. The van der Waals surface area contributed by atoms with Gasteiger partial charge in [-0.25, -0.2) is 0 Å². The number of nitrogens with one attached hydrogen (secondary N) is 1. The number of hydrogen-bond donors (Lipinski definition) is 1. The van der Waals surface area contributed by atoms with E-state index < -0.39 is 0 Å². The molecule has 1 unspecified atom stereocenters. The first-order chi connectivity index (χ1) is 8.47. The van der Waals surface area contributed by atoms with Gasteiger partial charge in [-0.3, -0.25) is 5.32 Å². The Labute approximate surface area is 110 Å². The van der Waals surface area contributed by atoms with Crippen LogP contribution < -0.4 is 5.32 Å². The van der Waals surface area contributed by atoms with Crippen molar-refractivity contribution in [3.05, 3.63) is 22.2 Å². The zero-order valence-electron chi connectivity index (χ0n) is 11.0. The van der Waals surface area contributed by atoms with Crippen LogP contribution in [-0.4, -0.2) is 20.3 Å². The van der Waals surface area contributed by atoms with Crippen LogP contribution in [0.2, 0.25) is 0 Å². The zero-order valence-corrected chi connectivity index (χ0v) is 11.8. The number of aromatic nitrogens is 4. The van der Waals surface area contributed by atoms with Crippen LogP contribution in [0, 0.1) is 0 Å². The van der Waals surface area contributed by atoms with E-state index in [1.54, 1.807) is 5.51 Å². The highest BCUT2D eigenvalue weighted by Crippen LogP contribution is 2.20. The smallest absolute Gasteiger partial charge is 0.243 e. The molecule has 1 atom stereocenters. The van der Waals surface area contributed by atoms with Crippen molar-refractivity contribution in [3.8, 4) is 0 Å². The summed E-state index contributed by atoms with van der Waals surface area (Å²) in [7, 11) is 0. The number of nitrogens with zero attached hydrogens (tertiary/aromatic N) is 4. The average Bonchev–Trinajstić information content (AvgIpc) is 2.96. The molecule has 2 rings (SSSR count). The van der Waals surface area contributed by atoms with Crippen molar-refractivity contribution in [3.63, 3.8) is 0 Å². The molecule has 18 heavy (non-hydrogen) atoms. The van der Waals surface area contributed by atoms with Crippen LogP contribution >= 0.6 is 11.3 Å². The van der Waals surface area contributed by atoms with Gasteiger partial charge in [-0.05, 0) is 6.92 Å². The summed E-state index contributed by atoms with van der Waals surface area (Å²) in [5.74, 6) is 1.33. The minimum atomic E-state index is -0.0965. The van der Waals surface area contributed by atoms with Crippen molar-refractivity contribution < 1.29 is 4.52 Å². The van der Waals surface area contributed by atoms with Gasteiger partial charge in [0.1, 0.15) is 10.5 Å². The van der Waals surface area contributed by atoms with Gasteiger partial charge in [0.05, 0.1) is 12.6 Å². The summed E-state index contributed by atoms with van der Waals surface area (Å²) in [6.07, 6.45) is 0. The number of hydrogen-bond acceptors (Lipinski definition) is 7. The predicted molar refractivity (Wildman–Crippen MR) is 68.2 cm³/mol. The zero-order chi connectivity index (χ0) is 13.2. The fourth-order valence-electron chi connectivity index (χ4n) is 1.32. The average molecular weight is 267 g/mol. The maximum absolute atomic E-state index is 5.27. The monoisotopic (exact) mass is 267 g/mol. The van der Waals surface area contributed by atoms with Crippen molar-refractivity contribution in [1.29, 1.82) is 0 Å². The van der Waals surface area contributed by atoms with Crippen molar-refractivity contribution >= 4 is 11.3 Å². The van der Waals surface area contributed by atoms with Gasteiger partial charge in [-0.1, -0.05) is 25.9 Å². The molecule has 0 aromatic carbocycles. The van der Waals surface area contributed by atoms with E-state index in [4.69, 9.17) is 4.52 Å². The maximum atomic E-state index is 5.27. The standard InChI is InChI=1S/C11H17N5OS/c1-7(12-5-8-15-13-6-18-8)9-14-10(16-17-9)11(2,3)4/h6-7,12H,5H2,1-4H3. The lowest BCUT2D eigenvalue weighted by molar-refractivity contribution is 0.330. The van der Waals surface area contributed by atoms with Gasteiger partial charge >= 0.3 is 0 Å². The topological polar surface area (TPSA) is 76.7 Å². The van der Waals surface area contributed by atoms with Crippen molar-refractivity contribution in [1.82, 2.24) is 25.7 Å². The minimum Gasteiger partial charge on any atom is -0.338 e. The Morgan fingerprint density at radius 3 is 2.78 bits per heavy atom. The summed E-state index contributed by atoms with van der Waals surface area (Å²) >= 11 is 1.52. The first-order valence-electron chi connectivity index (χ1n) is 5.79. The second-order valence-corrected chi connectivity index (χ2v) is 6.06. The number of rotatable bonds is 4. The first-order valence-corrected chi connectivity index (χ1v) is 6.67. The molecule has 6 nitrogen and oxygen atoms in total. The van der Waals surface area contributed by atoms with E-state index >= 15 is 0 Å². The molecule has 0 aliphatic carbocycles. The SMILES string of the molecule is CC(NCc1nncs1)c1nc(C(C)(C)C)no1. The van der Waals surface area contributed by atoms with Crippen LogP contribution in [0.1, 0.15) is 50.5 Å². The molecule has 0 saturated carbocycles. The van der Waals surface area contributed by atoms with Gasteiger partial charge in [0, 0.05) is 5.41 Å². The molecule has 0 fully saturated rings. The van der Waals surface area contributed by atoms with E-state index in [-0.39, 0.29) is 11.5 Å². The van der Waals surface area contributed by atoms with Crippen molar-refractivity contribution in [2.45, 2.75) is 45.7 Å². The van der Waals surface area contributed by atoms with E-state index in [1.807, 2.05) is 6.92 Å². The molecule has 2 aromatic heterocycles. The second-order valence-electron chi connectivity index (χ2n) is 5.14. The third kappa shape index (κ3) is 3.11. The quantitative estimate of drug-likeness (QED) is 0.913. The molecular formula is C11H17N5OS. The Kier molecular flexibility index (Phi) is 3.72. The van der Waals surface area contributed by atoms with Crippen LogP contribution in [0.4, 0.5) is 0 Å². The largest absolute Gasteiger partial charge is 0.338 e. The Hall–Kier alpha value is -1.34. The van der Waals surface area contributed by atoms with E-state index in [2.05, 4.69) is 46.4 Å². The van der Waals surface area contributed by atoms with Crippen molar-refractivity contribution in [2.24, 2.45) is 0 Å². The predicted octanol–water partition coefficient (Wildman–Crippen LogP) is 2.07. The van der Waals surface area contributed by atoms with Crippen LogP contribution in [0.25, 0.3) is 0 Å². The lowest BCUT2D eigenvalue weighted by Crippen LogP contribution is -2.19. The Balaban J connectivity index is 1.96. The molecule has 98 valence electrons. The second kappa shape index (κ2) is 5.11. The van der Waals surface area contributed by atoms with E-state index in [9.17, 15) is 0 Å². The molecule has 2 heterocycles. The summed E-state index contributed by atoms with van der Waals surface area (Å²) < 4.78 is 5.27. The Bertz CT molecular complexity index is 488. The third-order valence-electron chi connectivity index (χ3n) is 2.45. The molecule has 0 radical (unpaired) electrons. The molecule has 7 heteroatoms. The van der Waals surface area contributed by atoms with E-state index in [1.165, 1.54) is 11.3 Å². The van der Waals surface area contributed by atoms with Gasteiger partial charge in [0.25, 0.3) is 0 Å². The summed E-state index contributed by atoms with van der Waals surface area (Å²) in [6.45, 7) is 8.81. The Morgan fingerprint density at radius 2 is 2.22 bits per heavy atom. The summed E-state index contributed by atoms with van der Waals surface area (Å²) in [5, 5.41) is 16.0. The van der Waals surface area contributed by atoms with Crippen molar-refractivity contribution in [2.75, 3.05) is 0 Å². The highest BCUT2D eigenvalue weighted by atomic mass is 32.1. The highest BCUT2D eigenvalue weighted by molar-refractivity contribution is 7.09. The van der Waals surface area contributed by atoms with Gasteiger partial charge in [-0.15, -0.1) is 21.5 Å². The lowest BCUT2D eigenvalue weighted by atomic mass is 9.96. The lowest BCUT2D eigenvalue weighted by Gasteiger charge is -2.11. The first kappa shape index (κ1) is 13.1. The van der Waals surface area contributed by atoms with Crippen LogP contribution in [0.15, 0.2) is 10.0 Å². The fourth-order valence-corrected chi connectivity index (χ4v) is 1.79. The molecule has 0 bridgehead atoms. The van der Waals surface area contributed by atoms with Gasteiger partial charge in [-0.2, -0.15) is 4.98 Å². The highest BCUT2D eigenvalue weighted by Gasteiger charge is 2.22. The molecule has 0 saturated heterocycles. The van der Waals surface area contributed by atoms with Crippen LogP contribution in [0.5, 0.6) is 0 Å². The van der Waals surface area contributed by atoms with Gasteiger partial charge in [0.15, 0.2) is 5.82 Å². The van der Waals surface area contributed by atoms with Gasteiger partial charge < -0.3 is 4.52 Å². The summed E-state index contributed by atoms with van der Waals surface area (Å²) in [5.41, 5.74) is 1.62. The Morgan fingerprint density at radius 1 is 1.44 bits per heavy atom. The van der Waals surface area contributed by atoms with E-state index in [0.29, 0.717) is 12.4 Å². The maximum Gasteiger partial charge on any atom is 0.243 e. The molecule has 0 aliphatic rings. The summed E-state index contributed by atoms with van der Waals surface area (Å²) in [4.78, 5) is 4.41. The fraction of sp³-hybridized carbons (Fsp3) is 0.636. The van der Waals surface area contributed by atoms with E-state index in [0.717, 1.165) is 10.8 Å². The van der Waals surface area contributed by atoms with Gasteiger partial charge in [0.2, 0.25) is 5.89 Å². The summed E-state index contributed by atoms with van der Waals surface area (Å²) in [6, 6.07) is -0.00231. The molecule has 2 aromatic rings. The van der Waals surface area contributed by atoms with Crippen LogP contribution in [-0.2, 0) is 12.0 Å². The molecular weight excluding hydrogens is 250 g/mol. The molecule has 1 N–H and O–H groups in total. The van der Waals surface area contributed by atoms with Crippen LogP contribution in [0.3, 0.4) is 0 Å². The third-order valence-corrected chi connectivity index (χ3v) is 3.15. The molecule has 0 spiro atoms.